The van der Waals surface area contributed by atoms with Crippen LogP contribution in [0.3, 0.4) is 0 Å². The molecule has 186 valence electrons. The first-order chi connectivity index (χ1) is 15.1. The molecule has 1 aromatic carbocycles. The quantitative estimate of drug-likeness (QED) is 0.429. The van der Waals surface area contributed by atoms with E-state index in [9.17, 15) is 14.7 Å². The number of nitrogens with zero attached hydrogens (tertiary/aromatic N) is 1. The standard InChI is InChI=1S/C28H46N2O3/c1-11-21(28(8,9)22-15-13-12-14-16-22)18-29-24(27(5,6)7)25(31)30(10)23(19(2)3)17-20(4)26(32)33/h12-17,19,21,23-24,29H,11,18H2,1-10H3,(H,32,33)/b20-17+/t21-,23-,24-/m1/s1. The summed E-state index contributed by atoms with van der Waals surface area (Å²) >= 11 is 0. The number of hydrogen-bond acceptors (Lipinski definition) is 3. The predicted octanol–water partition coefficient (Wildman–Crippen LogP) is 5.51. The Hall–Kier alpha value is -2.14. The number of nitrogens with one attached hydrogen (secondary N) is 1. The maximum absolute atomic E-state index is 13.7. The number of rotatable bonds is 11. The van der Waals surface area contributed by atoms with Crippen LogP contribution in [0.25, 0.3) is 0 Å². The molecule has 5 nitrogen and oxygen atoms in total. The van der Waals surface area contributed by atoms with Crippen LogP contribution in [0.4, 0.5) is 0 Å². The van der Waals surface area contributed by atoms with Gasteiger partial charge < -0.3 is 15.3 Å². The molecule has 3 atom stereocenters. The number of carboxylic acids is 1. The van der Waals surface area contributed by atoms with Crippen LogP contribution in [0.15, 0.2) is 42.0 Å². The molecule has 0 heterocycles. The van der Waals surface area contributed by atoms with E-state index in [1.54, 1.807) is 24.9 Å². The number of likely N-dealkylation sites (N-methyl/N-ethyl adjacent to an activating group) is 1. The smallest absolute Gasteiger partial charge is 0.331 e. The summed E-state index contributed by atoms with van der Waals surface area (Å²) in [6, 6.07) is 9.86. The largest absolute Gasteiger partial charge is 0.478 e. The lowest BCUT2D eigenvalue weighted by Crippen LogP contribution is -2.56. The first-order valence-electron chi connectivity index (χ1n) is 12.1. The number of hydrogen-bond donors (Lipinski definition) is 2. The Balaban J connectivity index is 3.15. The molecular formula is C28H46N2O3. The molecule has 0 aliphatic carbocycles. The summed E-state index contributed by atoms with van der Waals surface area (Å²) < 4.78 is 0. The van der Waals surface area contributed by atoms with Crippen LogP contribution in [0.1, 0.15) is 74.3 Å². The number of carboxylic acid groups (broad SMARTS) is 1. The van der Waals surface area contributed by atoms with E-state index in [4.69, 9.17) is 0 Å². The fourth-order valence-electron chi connectivity index (χ4n) is 4.47. The van der Waals surface area contributed by atoms with Gasteiger partial charge in [0, 0.05) is 12.6 Å². The van der Waals surface area contributed by atoms with Gasteiger partial charge in [0.25, 0.3) is 0 Å². The molecule has 0 spiro atoms. The van der Waals surface area contributed by atoms with Crippen LogP contribution in [-0.2, 0) is 15.0 Å². The van der Waals surface area contributed by atoms with Gasteiger partial charge in [0.2, 0.25) is 5.91 Å². The lowest BCUT2D eigenvalue weighted by molar-refractivity contribution is -0.137. The molecule has 1 amide bonds. The summed E-state index contributed by atoms with van der Waals surface area (Å²) in [5, 5.41) is 12.9. The highest BCUT2D eigenvalue weighted by Gasteiger charge is 2.37. The van der Waals surface area contributed by atoms with Gasteiger partial charge in [-0.1, -0.05) is 98.2 Å². The fraction of sp³-hybridized carbons (Fsp3) is 0.643. The average molecular weight is 459 g/mol. The number of aliphatic carboxylic acids is 1. The van der Waals surface area contributed by atoms with Crippen molar-refractivity contribution in [2.24, 2.45) is 17.3 Å². The summed E-state index contributed by atoms with van der Waals surface area (Å²) in [4.78, 5) is 26.8. The van der Waals surface area contributed by atoms with E-state index in [0.29, 0.717) is 5.92 Å². The van der Waals surface area contributed by atoms with Gasteiger partial charge in [-0.3, -0.25) is 4.79 Å². The van der Waals surface area contributed by atoms with Crippen LogP contribution in [0.2, 0.25) is 0 Å². The summed E-state index contributed by atoms with van der Waals surface area (Å²) in [5.74, 6) is -0.531. The predicted molar refractivity (Wildman–Crippen MR) is 137 cm³/mol. The van der Waals surface area contributed by atoms with Crippen molar-refractivity contribution in [1.82, 2.24) is 10.2 Å². The number of amides is 1. The number of carbonyl (C=O) groups excluding carboxylic acids is 1. The minimum Gasteiger partial charge on any atom is -0.478 e. The lowest BCUT2D eigenvalue weighted by Gasteiger charge is -2.40. The Kier molecular flexibility index (Phi) is 10.4. The summed E-state index contributed by atoms with van der Waals surface area (Å²) in [6.07, 6.45) is 2.68. The van der Waals surface area contributed by atoms with Gasteiger partial charge in [-0.05, 0) is 41.7 Å². The van der Waals surface area contributed by atoms with Crippen molar-refractivity contribution in [3.8, 4) is 0 Å². The molecule has 1 rings (SSSR count). The monoisotopic (exact) mass is 458 g/mol. The summed E-state index contributed by atoms with van der Waals surface area (Å²) in [6.45, 7) is 19.3. The van der Waals surface area contributed by atoms with Crippen molar-refractivity contribution in [1.29, 1.82) is 0 Å². The van der Waals surface area contributed by atoms with Gasteiger partial charge in [-0.25, -0.2) is 4.79 Å². The fourth-order valence-corrected chi connectivity index (χ4v) is 4.47. The molecule has 0 aliphatic heterocycles. The Morgan fingerprint density at radius 3 is 2.06 bits per heavy atom. The highest BCUT2D eigenvalue weighted by atomic mass is 16.4. The zero-order chi connectivity index (χ0) is 25.6. The normalized spacial score (nSPS) is 15.8. The molecule has 0 saturated heterocycles. The van der Waals surface area contributed by atoms with E-state index in [0.717, 1.165) is 13.0 Å². The third kappa shape index (κ3) is 7.70. The topological polar surface area (TPSA) is 69.6 Å². The van der Waals surface area contributed by atoms with Gasteiger partial charge in [0.1, 0.15) is 0 Å². The van der Waals surface area contributed by atoms with E-state index in [2.05, 4.69) is 71.1 Å². The molecule has 0 bridgehead atoms. The second-order valence-corrected chi connectivity index (χ2v) is 11.2. The number of carbonyl (C=O) groups is 2. The second-order valence-electron chi connectivity index (χ2n) is 11.2. The highest BCUT2D eigenvalue weighted by Crippen LogP contribution is 2.34. The van der Waals surface area contributed by atoms with Crippen LogP contribution < -0.4 is 5.32 Å². The van der Waals surface area contributed by atoms with E-state index in [1.807, 2.05) is 19.9 Å². The number of benzene rings is 1. The van der Waals surface area contributed by atoms with Gasteiger partial charge >= 0.3 is 5.97 Å². The van der Waals surface area contributed by atoms with Gasteiger partial charge in [0.15, 0.2) is 0 Å². The molecule has 2 N–H and O–H groups in total. The molecule has 33 heavy (non-hydrogen) atoms. The lowest BCUT2D eigenvalue weighted by atomic mass is 9.72. The van der Waals surface area contributed by atoms with Crippen LogP contribution in [0.5, 0.6) is 0 Å². The Bertz CT molecular complexity index is 806. The molecule has 5 heteroatoms. The van der Waals surface area contributed by atoms with Crippen molar-refractivity contribution < 1.29 is 14.7 Å². The third-order valence-electron chi connectivity index (χ3n) is 6.95. The van der Waals surface area contributed by atoms with E-state index >= 15 is 0 Å². The molecule has 0 radical (unpaired) electrons. The summed E-state index contributed by atoms with van der Waals surface area (Å²) in [7, 11) is 1.78. The molecule has 0 aromatic heterocycles. The zero-order valence-electron chi connectivity index (χ0n) is 22.4. The van der Waals surface area contributed by atoms with Crippen molar-refractivity contribution in [2.75, 3.05) is 13.6 Å². The van der Waals surface area contributed by atoms with Crippen molar-refractivity contribution in [3.63, 3.8) is 0 Å². The van der Waals surface area contributed by atoms with Gasteiger partial charge in [0.05, 0.1) is 12.1 Å². The zero-order valence-corrected chi connectivity index (χ0v) is 22.4. The molecule has 0 unspecified atom stereocenters. The van der Waals surface area contributed by atoms with Crippen LogP contribution >= 0.6 is 0 Å². The maximum atomic E-state index is 13.7. The van der Waals surface area contributed by atoms with Crippen LogP contribution in [-0.4, -0.2) is 47.6 Å². The van der Waals surface area contributed by atoms with E-state index < -0.39 is 5.97 Å². The van der Waals surface area contributed by atoms with Crippen LogP contribution in [0, 0.1) is 17.3 Å². The highest BCUT2D eigenvalue weighted by molar-refractivity contribution is 5.86. The van der Waals surface area contributed by atoms with Gasteiger partial charge in [-0.15, -0.1) is 0 Å². The van der Waals surface area contributed by atoms with Crippen molar-refractivity contribution in [3.05, 3.63) is 47.5 Å². The van der Waals surface area contributed by atoms with Gasteiger partial charge in [-0.2, -0.15) is 0 Å². The molecule has 0 saturated carbocycles. The minimum absolute atomic E-state index is 0.0111. The molecular weight excluding hydrogens is 412 g/mol. The maximum Gasteiger partial charge on any atom is 0.331 e. The first-order valence-corrected chi connectivity index (χ1v) is 12.1. The minimum atomic E-state index is -0.957. The third-order valence-corrected chi connectivity index (χ3v) is 6.95. The molecule has 1 aromatic rings. The second kappa shape index (κ2) is 11.8. The Morgan fingerprint density at radius 2 is 1.64 bits per heavy atom. The average Bonchev–Trinajstić information content (AvgIpc) is 2.73. The van der Waals surface area contributed by atoms with E-state index in [-0.39, 0.29) is 40.3 Å². The SMILES string of the molecule is CC[C@H](CN[C@H](C(=O)N(C)[C@H](/C=C(\C)C(=O)O)C(C)C)C(C)(C)C)C(C)(C)c1ccccc1. The Morgan fingerprint density at radius 1 is 1.09 bits per heavy atom. The van der Waals surface area contributed by atoms with E-state index in [1.165, 1.54) is 5.56 Å². The van der Waals surface area contributed by atoms with Crippen molar-refractivity contribution >= 4 is 11.9 Å². The molecule has 0 aliphatic rings. The first kappa shape index (κ1) is 28.9. The summed E-state index contributed by atoms with van der Waals surface area (Å²) in [5.41, 5.74) is 1.21. The Labute approximate surface area is 201 Å². The molecule has 0 fully saturated rings. The van der Waals surface area contributed by atoms with Crippen molar-refractivity contribution in [2.45, 2.75) is 86.2 Å².